The van der Waals surface area contributed by atoms with Crippen molar-refractivity contribution in [1.82, 2.24) is 0 Å². The molecule has 0 bridgehead atoms. The molecule has 0 saturated heterocycles. The standard InChI is InChI=1S/C10H12BrNO/c1-7-6-8(2-4-9(7)11)3-5-10(12)13/h2,4,6H,3,5H2,1H3,(H2,12,13). The van der Waals surface area contributed by atoms with Crippen molar-refractivity contribution in [3.8, 4) is 0 Å². The average Bonchev–Trinajstić information content (AvgIpc) is 2.07. The molecule has 1 rings (SSSR count). The molecule has 2 N–H and O–H groups in total. The van der Waals surface area contributed by atoms with Gasteiger partial charge in [0.2, 0.25) is 5.91 Å². The van der Waals surface area contributed by atoms with Gasteiger partial charge in [-0.1, -0.05) is 28.1 Å². The summed E-state index contributed by atoms with van der Waals surface area (Å²) in [4.78, 5) is 10.5. The second kappa shape index (κ2) is 4.42. The van der Waals surface area contributed by atoms with Gasteiger partial charge in [0, 0.05) is 10.9 Å². The Morgan fingerprint density at radius 2 is 2.23 bits per heavy atom. The van der Waals surface area contributed by atoms with Crippen LogP contribution >= 0.6 is 15.9 Å². The number of carbonyl (C=O) groups excluding carboxylic acids is 1. The van der Waals surface area contributed by atoms with Gasteiger partial charge in [-0.2, -0.15) is 0 Å². The van der Waals surface area contributed by atoms with Crippen LogP contribution in [0.3, 0.4) is 0 Å². The SMILES string of the molecule is Cc1cc(CCC(N)=O)ccc1Br. The van der Waals surface area contributed by atoms with E-state index >= 15 is 0 Å². The van der Waals surface area contributed by atoms with E-state index in [0.717, 1.165) is 16.5 Å². The van der Waals surface area contributed by atoms with E-state index in [1.807, 2.05) is 19.1 Å². The molecule has 0 aliphatic rings. The van der Waals surface area contributed by atoms with Crippen molar-refractivity contribution in [2.45, 2.75) is 19.8 Å². The largest absolute Gasteiger partial charge is 0.370 e. The minimum Gasteiger partial charge on any atom is -0.370 e. The lowest BCUT2D eigenvalue weighted by molar-refractivity contribution is -0.117. The van der Waals surface area contributed by atoms with Crippen LogP contribution in [0.4, 0.5) is 0 Å². The molecule has 1 aromatic carbocycles. The van der Waals surface area contributed by atoms with E-state index in [1.165, 1.54) is 5.56 Å². The van der Waals surface area contributed by atoms with Crippen molar-refractivity contribution in [3.05, 3.63) is 33.8 Å². The Kier molecular flexibility index (Phi) is 3.48. The third kappa shape index (κ3) is 3.19. The zero-order chi connectivity index (χ0) is 9.84. The summed E-state index contributed by atoms with van der Waals surface area (Å²) in [6.45, 7) is 2.03. The molecule has 70 valence electrons. The molecule has 0 atom stereocenters. The first-order valence-corrected chi connectivity index (χ1v) is 4.92. The number of aryl methyl sites for hydroxylation is 2. The Hall–Kier alpha value is -0.830. The lowest BCUT2D eigenvalue weighted by Gasteiger charge is -2.02. The quantitative estimate of drug-likeness (QED) is 0.867. The van der Waals surface area contributed by atoms with E-state index in [1.54, 1.807) is 0 Å². The molecule has 1 aromatic rings. The average molecular weight is 242 g/mol. The van der Waals surface area contributed by atoms with E-state index in [2.05, 4.69) is 22.0 Å². The van der Waals surface area contributed by atoms with Crippen LogP contribution in [0.25, 0.3) is 0 Å². The maximum atomic E-state index is 10.5. The number of carbonyl (C=O) groups is 1. The summed E-state index contributed by atoms with van der Waals surface area (Å²) in [5, 5.41) is 0. The molecule has 0 heterocycles. The van der Waals surface area contributed by atoms with Gasteiger partial charge in [0.25, 0.3) is 0 Å². The number of benzene rings is 1. The van der Waals surface area contributed by atoms with Crippen molar-refractivity contribution in [2.24, 2.45) is 5.73 Å². The number of amides is 1. The minimum atomic E-state index is -0.249. The summed E-state index contributed by atoms with van der Waals surface area (Å²) in [6, 6.07) is 6.05. The van der Waals surface area contributed by atoms with E-state index in [9.17, 15) is 4.79 Å². The third-order valence-corrected chi connectivity index (χ3v) is 2.77. The first-order chi connectivity index (χ1) is 6.09. The Morgan fingerprint density at radius 1 is 1.54 bits per heavy atom. The molecule has 0 radical (unpaired) electrons. The number of hydrogen-bond acceptors (Lipinski definition) is 1. The van der Waals surface area contributed by atoms with Crippen molar-refractivity contribution < 1.29 is 4.79 Å². The van der Waals surface area contributed by atoms with Crippen molar-refractivity contribution in [3.63, 3.8) is 0 Å². The van der Waals surface area contributed by atoms with E-state index in [0.29, 0.717) is 6.42 Å². The van der Waals surface area contributed by atoms with Crippen molar-refractivity contribution >= 4 is 21.8 Å². The second-order valence-electron chi connectivity index (χ2n) is 3.05. The van der Waals surface area contributed by atoms with E-state index < -0.39 is 0 Å². The molecule has 0 spiro atoms. The van der Waals surface area contributed by atoms with Gasteiger partial charge in [0.1, 0.15) is 0 Å². The summed E-state index contributed by atoms with van der Waals surface area (Å²) in [5.74, 6) is -0.249. The predicted molar refractivity (Wildman–Crippen MR) is 56.4 cm³/mol. The Bertz CT molecular complexity index is 323. The van der Waals surface area contributed by atoms with Crippen molar-refractivity contribution in [1.29, 1.82) is 0 Å². The van der Waals surface area contributed by atoms with Gasteiger partial charge in [-0.25, -0.2) is 0 Å². The van der Waals surface area contributed by atoms with Crippen molar-refractivity contribution in [2.75, 3.05) is 0 Å². The molecule has 0 aliphatic carbocycles. The molecule has 13 heavy (non-hydrogen) atoms. The molecule has 0 fully saturated rings. The highest BCUT2D eigenvalue weighted by Gasteiger charge is 1.99. The van der Waals surface area contributed by atoms with Crippen LogP contribution < -0.4 is 5.73 Å². The lowest BCUT2D eigenvalue weighted by Crippen LogP contribution is -2.11. The first kappa shape index (κ1) is 10.3. The van der Waals surface area contributed by atoms with Gasteiger partial charge < -0.3 is 5.73 Å². The summed E-state index contributed by atoms with van der Waals surface area (Å²) < 4.78 is 1.09. The van der Waals surface area contributed by atoms with Gasteiger partial charge in [0.15, 0.2) is 0 Å². The zero-order valence-corrected chi connectivity index (χ0v) is 9.10. The second-order valence-corrected chi connectivity index (χ2v) is 3.90. The number of halogens is 1. The Balaban J connectivity index is 2.68. The maximum Gasteiger partial charge on any atom is 0.217 e. The van der Waals surface area contributed by atoms with Gasteiger partial charge in [-0.3, -0.25) is 4.79 Å². The Morgan fingerprint density at radius 3 is 2.77 bits per heavy atom. The molecule has 0 saturated carbocycles. The molecule has 0 aliphatic heterocycles. The molecule has 0 unspecified atom stereocenters. The third-order valence-electron chi connectivity index (χ3n) is 1.88. The highest BCUT2D eigenvalue weighted by Crippen LogP contribution is 2.17. The van der Waals surface area contributed by atoms with Crippen LogP contribution in [0.5, 0.6) is 0 Å². The van der Waals surface area contributed by atoms with E-state index in [-0.39, 0.29) is 5.91 Å². The normalized spacial score (nSPS) is 10.0. The Labute approximate surface area is 86.3 Å². The van der Waals surface area contributed by atoms with Crippen LogP contribution in [0.2, 0.25) is 0 Å². The van der Waals surface area contributed by atoms with Crippen LogP contribution in [0.15, 0.2) is 22.7 Å². The fraction of sp³-hybridized carbons (Fsp3) is 0.300. The van der Waals surface area contributed by atoms with Gasteiger partial charge in [-0.05, 0) is 30.5 Å². The monoisotopic (exact) mass is 241 g/mol. The molecule has 0 aromatic heterocycles. The molecule has 3 heteroatoms. The molecule has 1 amide bonds. The van der Waals surface area contributed by atoms with Gasteiger partial charge in [0.05, 0.1) is 0 Å². The number of rotatable bonds is 3. The summed E-state index contributed by atoms with van der Waals surface area (Å²) >= 11 is 3.42. The van der Waals surface area contributed by atoms with Crippen LogP contribution in [-0.4, -0.2) is 5.91 Å². The topological polar surface area (TPSA) is 43.1 Å². The number of nitrogens with two attached hydrogens (primary N) is 1. The highest BCUT2D eigenvalue weighted by molar-refractivity contribution is 9.10. The number of hydrogen-bond donors (Lipinski definition) is 1. The fourth-order valence-electron chi connectivity index (χ4n) is 1.13. The predicted octanol–water partition coefficient (Wildman–Crippen LogP) is 2.18. The van der Waals surface area contributed by atoms with Crippen LogP contribution in [0.1, 0.15) is 17.5 Å². The summed E-state index contributed by atoms with van der Waals surface area (Å²) in [7, 11) is 0. The van der Waals surface area contributed by atoms with Gasteiger partial charge in [-0.15, -0.1) is 0 Å². The molecular formula is C10H12BrNO. The fourth-order valence-corrected chi connectivity index (χ4v) is 1.38. The first-order valence-electron chi connectivity index (χ1n) is 4.13. The van der Waals surface area contributed by atoms with Gasteiger partial charge >= 0.3 is 0 Å². The van der Waals surface area contributed by atoms with E-state index in [4.69, 9.17) is 5.73 Å². The minimum absolute atomic E-state index is 0.249. The summed E-state index contributed by atoms with van der Waals surface area (Å²) in [6.07, 6.45) is 1.14. The molecule has 2 nitrogen and oxygen atoms in total. The summed E-state index contributed by atoms with van der Waals surface area (Å²) in [5.41, 5.74) is 7.39. The highest BCUT2D eigenvalue weighted by atomic mass is 79.9. The van der Waals surface area contributed by atoms with Crippen LogP contribution in [-0.2, 0) is 11.2 Å². The van der Waals surface area contributed by atoms with Crippen LogP contribution in [0, 0.1) is 6.92 Å². The molecular weight excluding hydrogens is 230 g/mol. The smallest absolute Gasteiger partial charge is 0.217 e. The number of primary amides is 1. The lowest BCUT2D eigenvalue weighted by atomic mass is 10.1. The maximum absolute atomic E-state index is 10.5. The zero-order valence-electron chi connectivity index (χ0n) is 7.51.